The lowest BCUT2D eigenvalue weighted by atomic mass is 9.91. The minimum atomic E-state index is -0.503. The van der Waals surface area contributed by atoms with E-state index in [4.69, 9.17) is 21.6 Å². The molecule has 0 radical (unpaired) electrons. The van der Waals surface area contributed by atoms with Crippen molar-refractivity contribution in [3.05, 3.63) is 70.8 Å². The summed E-state index contributed by atoms with van der Waals surface area (Å²) in [7, 11) is 0. The summed E-state index contributed by atoms with van der Waals surface area (Å²) in [6.45, 7) is 3.63. The highest BCUT2D eigenvalue weighted by Crippen LogP contribution is 2.27. The third-order valence-electron chi connectivity index (χ3n) is 6.47. The zero-order valence-corrected chi connectivity index (χ0v) is 21.6. The van der Waals surface area contributed by atoms with Gasteiger partial charge in [0, 0.05) is 36.3 Å². The van der Waals surface area contributed by atoms with Gasteiger partial charge in [-0.15, -0.1) is 0 Å². The van der Waals surface area contributed by atoms with Gasteiger partial charge in [0.1, 0.15) is 5.82 Å². The number of amides is 1. The van der Waals surface area contributed by atoms with Gasteiger partial charge in [-0.2, -0.15) is 20.7 Å². The monoisotopic (exact) mass is 538 g/mol. The third-order valence-corrected chi connectivity index (χ3v) is 6.70. The zero-order chi connectivity index (χ0) is 27.1. The van der Waals surface area contributed by atoms with Gasteiger partial charge in [0.25, 0.3) is 5.91 Å². The molecule has 9 nitrogen and oxygen atoms in total. The number of ether oxygens (including phenoxy) is 1. The smallest absolute Gasteiger partial charge is 0.310 e. The molecule has 1 fully saturated rings. The maximum absolute atomic E-state index is 14.3. The van der Waals surface area contributed by atoms with Gasteiger partial charge < -0.3 is 10.1 Å². The van der Waals surface area contributed by atoms with Crippen molar-refractivity contribution < 1.29 is 18.7 Å². The van der Waals surface area contributed by atoms with E-state index in [9.17, 15) is 14.0 Å². The van der Waals surface area contributed by atoms with Crippen LogP contribution in [0.4, 0.5) is 4.39 Å². The predicted octanol–water partition coefficient (Wildman–Crippen LogP) is 3.63. The second kappa shape index (κ2) is 12.6. The Morgan fingerprint density at radius 3 is 2.71 bits per heavy atom. The molecular formula is C27H28ClFN6O3. The molecule has 38 heavy (non-hydrogen) atoms. The summed E-state index contributed by atoms with van der Waals surface area (Å²) in [5, 5.41) is 22.5. The number of hydrogen-bond donors (Lipinski definition) is 2. The molecule has 11 heteroatoms. The number of hydrogen-bond acceptors (Lipinski definition) is 7. The number of rotatable bonds is 11. The Morgan fingerprint density at radius 1 is 1.29 bits per heavy atom. The highest BCUT2D eigenvalue weighted by Gasteiger charge is 2.33. The number of likely N-dealkylation sites (tertiary alicyclic amines) is 1. The average Bonchev–Trinajstić information content (AvgIpc) is 3.42. The number of halogens is 2. The zero-order valence-electron chi connectivity index (χ0n) is 20.9. The van der Waals surface area contributed by atoms with Crippen LogP contribution >= 0.6 is 11.6 Å². The van der Waals surface area contributed by atoms with Crippen molar-refractivity contribution in [1.82, 2.24) is 25.6 Å². The van der Waals surface area contributed by atoms with Crippen LogP contribution in [0.1, 0.15) is 29.4 Å². The number of aromatic nitrogens is 3. The maximum atomic E-state index is 14.3. The Kier molecular flexibility index (Phi) is 9.05. The molecule has 2 heterocycles. The molecule has 1 amide bonds. The number of nitrogens with zero attached hydrogens (tertiary/aromatic N) is 4. The van der Waals surface area contributed by atoms with E-state index >= 15 is 0 Å². The fourth-order valence-corrected chi connectivity index (χ4v) is 4.72. The lowest BCUT2D eigenvalue weighted by Crippen LogP contribution is -2.50. The Morgan fingerprint density at radius 2 is 2.05 bits per heavy atom. The van der Waals surface area contributed by atoms with Gasteiger partial charge in [0.2, 0.25) is 0 Å². The number of carbonyl (C=O) groups is 2. The van der Waals surface area contributed by atoms with Crippen LogP contribution in [0.25, 0.3) is 11.1 Å². The first-order valence-corrected chi connectivity index (χ1v) is 12.7. The van der Waals surface area contributed by atoms with Crippen LogP contribution in [0.2, 0.25) is 5.02 Å². The van der Waals surface area contributed by atoms with E-state index in [1.54, 1.807) is 25.1 Å². The van der Waals surface area contributed by atoms with Gasteiger partial charge in [-0.05, 0) is 49.1 Å². The minimum absolute atomic E-state index is 0.0386. The summed E-state index contributed by atoms with van der Waals surface area (Å²) in [5.41, 5.74) is 2.09. The van der Waals surface area contributed by atoms with Crippen molar-refractivity contribution in [2.75, 3.05) is 26.2 Å². The molecule has 3 aromatic rings. The van der Waals surface area contributed by atoms with Crippen molar-refractivity contribution >= 4 is 23.5 Å². The molecule has 1 aliphatic rings. The Bertz CT molecular complexity index is 1290. The number of H-pyrrole nitrogens is 1. The van der Waals surface area contributed by atoms with Gasteiger partial charge in [-0.1, -0.05) is 35.9 Å². The highest BCUT2D eigenvalue weighted by molar-refractivity contribution is 6.30. The van der Waals surface area contributed by atoms with Crippen LogP contribution in [0.15, 0.2) is 48.7 Å². The van der Waals surface area contributed by atoms with Crippen LogP contribution < -0.4 is 5.32 Å². The van der Waals surface area contributed by atoms with E-state index in [0.717, 1.165) is 5.56 Å². The molecule has 4 rings (SSSR count). The van der Waals surface area contributed by atoms with Crippen molar-refractivity contribution in [2.45, 2.75) is 25.8 Å². The molecule has 2 aromatic carbocycles. The molecule has 0 aliphatic carbocycles. The van der Waals surface area contributed by atoms with E-state index < -0.39 is 17.9 Å². The van der Waals surface area contributed by atoms with Gasteiger partial charge >= 0.3 is 5.97 Å². The lowest BCUT2D eigenvalue weighted by molar-refractivity contribution is -0.149. The summed E-state index contributed by atoms with van der Waals surface area (Å²) in [6.07, 6.45) is 2.06. The number of nitriles is 1. The van der Waals surface area contributed by atoms with Crippen LogP contribution in [0.5, 0.6) is 0 Å². The fraction of sp³-hybridized carbons (Fsp3) is 0.370. The van der Waals surface area contributed by atoms with Crippen molar-refractivity contribution in [1.29, 1.82) is 5.26 Å². The second-order valence-corrected chi connectivity index (χ2v) is 9.72. The third kappa shape index (κ3) is 6.94. The summed E-state index contributed by atoms with van der Waals surface area (Å²) in [5.74, 6) is -1.68. The fourth-order valence-electron chi connectivity index (χ4n) is 4.55. The second-order valence-electron chi connectivity index (χ2n) is 9.28. The van der Waals surface area contributed by atoms with Gasteiger partial charge in [-0.3, -0.25) is 14.5 Å². The Hall–Kier alpha value is -3.81. The summed E-state index contributed by atoms with van der Waals surface area (Å²) in [6, 6.07) is 13.5. The van der Waals surface area contributed by atoms with Crippen LogP contribution in [0.3, 0.4) is 0 Å². The number of carbonyl (C=O) groups excluding carboxylic acids is 2. The largest absolute Gasteiger partial charge is 0.466 e. The quantitative estimate of drug-likeness (QED) is 0.357. The van der Waals surface area contributed by atoms with E-state index in [0.29, 0.717) is 48.6 Å². The van der Waals surface area contributed by atoms with E-state index in [1.165, 1.54) is 18.3 Å². The van der Waals surface area contributed by atoms with Crippen molar-refractivity contribution in [2.24, 2.45) is 11.8 Å². The van der Waals surface area contributed by atoms with Crippen molar-refractivity contribution in [3.63, 3.8) is 0 Å². The molecule has 1 aromatic heterocycles. The normalized spacial score (nSPS) is 15.2. The van der Waals surface area contributed by atoms with E-state index in [2.05, 4.69) is 26.8 Å². The average molecular weight is 539 g/mol. The van der Waals surface area contributed by atoms with E-state index in [-0.39, 0.29) is 30.0 Å². The number of esters is 1. The number of benzene rings is 2. The topological polar surface area (TPSA) is 124 Å². The van der Waals surface area contributed by atoms with Crippen LogP contribution in [-0.4, -0.2) is 64.5 Å². The maximum Gasteiger partial charge on any atom is 0.310 e. The molecule has 0 bridgehead atoms. The van der Waals surface area contributed by atoms with Crippen molar-refractivity contribution in [3.8, 4) is 17.2 Å². The SMILES string of the molecule is CCOC(=O)C(C[C@@H](Cc1ccc(-c2cc(Cl)ccc2F)cc1)NC(=O)c1cn[nH]n1)CN1CC(C#N)C1. The molecular weight excluding hydrogens is 511 g/mol. The Balaban J connectivity index is 1.52. The Labute approximate surface area is 224 Å². The molecule has 2 N–H and O–H groups in total. The first-order valence-electron chi connectivity index (χ1n) is 12.4. The van der Waals surface area contributed by atoms with Crippen LogP contribution in [-0.2, 0) is 16.0 Å². The minimum Gasteiger partial charge on any atom is -0.466 e. The highest BCUT2D eigenvalue weighted by atomic mass is 35.5. The first kappa shape index (κ1) is 27.2. The lowest BCUT2D eigenvalue weighted by Gasteiger charge is -2.37. The summed E-state index contributed by atoms with van der Waals surface area (Å²) < 4.78 is 19.6. The first-order chi connectivity index (χ1) is 18.4. The summed E-state index contributed by atoms with van der Waals surface area (Å²) >= 11 is 6.05. The molecule has 1 saturated heterocycles. The summed E-state index contributed by atoms with van der Waals surface area (Å²) in [4.78, 5) is 27.7. The predicted molar refractivity (Wildman–Crippen MR) is 138 cm³/mol. The van der Waals surface area contributed by atoms with Gasteiger partial charge in [0.15, 0.2) is 5.69 Å². The van der Waals surface area contributed by atoms with E-state index in [1.807, 2.05) is 17.0 Å². The molecule has 1 aliphatic heterocycles. The molecule has 1 unspecified atom stereocenters. The molecule has 2 atom stereocenters. The molecule has 0 saturated carbocycles. The number of aromatic amines is 1. The number of nitrogens with one attached hydrogen (secondary N) is 2. The standard InChI is InChI=1S/C27H28ClFN6O3/c1-2-38-27(37)20(16-35-14-18(12-30)15-35)10-22(32-26(36)25-13-31-34-33-25)9-17-3-5-19(6-4-17)23-11-21(28)7-8-24(23)29/h3-8,11,13,18,20,22H,2,9-10,14-16H2,1H3,(H,32,36)(H,31,33,34)/t20?,22-/m1/s1. The van der Waals surface area contributed by atoms with Gasteiger partial charge in [-0.25, -0.2) is 4.39 Å². The van der Waals surface area contributed by atoms with Gasteiger partial charge in [0.05, 0.1) is 30.7 Å². The van der Waals surface area contributed by atoms with Crippen LogP contribution in [0, 0.1) is 29.0 Å². The molecule has 0 spiro atoms. The molecule has 198 valence electrons.